The van der Waals surface area contributed by atoms with Crippen LogP contribution in [-0.2, 0) is 4.74 Å². The molecule has 0 aromatic heterocycles. The number of hydrogen-bond donors (Lipinski definition) is 1. The van der Waals surface area contributed by atoms with Crippen molar-refractivity contribution < 1.29 is 18.3 Å². The molecule has 128 valence electrons. The molecular formula is C13H23F2IN4O2. The number of nitrogens with zero attached hydrogens (tertiary/aromatic N) is 3. The van der Waals surface area contributed by atoms with Gasteiger partial charge >= 0.3 is 6.09 Å². The van der Waals surface area contributed by atoms with E-state index in [9.17, 15) is 13.6 Å². The predicted octanol–water partition coefficient (Wildman–Crippen LogP) is 1.75. The highest BCUT2D eigenvalue weighted by molar-refractivity contribution is 14.0. The summed E-state index contributed by atoms with van der Waals surface area (Å²) >= 11 is 0. The Balaban J connectivity index is 0.00000242. The highest BCUT2D eigenvalue weighted by Gasteiger charge is 2.36. The molecule has 6 nitrogen and oxygen atoms in total. The number of nitrogens with one attached hydrogen (secondary N) is 1. The highest BCUT2D eigenvalue weighted by atomic mass is 127. The zero-order chi connectivity index (χ0) is 15.6. The fourth-order valence-electron chi connectivity index (χ4n) is 2.39. The maximum absolute atomic E-state index is 12.2. The molecule has 1 amide bonds. The Morgan fingerprint density at radius 2 is 2.14 bits per heavy atom. The minimum Gasteiger partial charge on any atom is -0.444 e. The average molecular weight is 432 g/mol. The van der Waals surface area contributed by atoms with E-state index in [1.54, 1.807) is 4.90 Å². The highest BCUT2D eigenvalue weighted by Crippen LogP contribution is 2.18. The van der Waals surface area contributed by atoms with E-state index in [0.717, 1.165) is 0 Å². The van der Waals surface area contributed by atoms with Crippen LogP contribution in [0.15, 0.2) is 4.99 Å². The summed E-state index contributed by atoms with van der Waals surface area (Å²) in [5.74, 6) is 0.504. The Kier molecular flexibility index (Phi) is 6.63. The summed E-state index contributed by atoms with van der Waals surface area (Å²) in [5, 5.41) is 2.65. The molecule has 1 fully saturated rings. The van der Waals surface area contributed by atoms with Gasteiger partial charge in [0.15, 0.2) is 5.96 Å². The first-order valence-electron chi connectivity index (χ1n) is 7.07. The predicted molar refractivity (Wildman–Crippen MR) is 90.0 cm³/mol. The number of carbonyl (C=O) groups excluding carboxylic acids is 1. The lowest BCUT2D eigenvalue weighted by molar-refractivity contribution is 0.0137. The first-order chi connectivity index (χ1) is 9.76. The normalized spacial score (nSPS) is 21.2. The number of fused-ring (bicyclic) bond motifs is 1. The number of ether oxygens (including phenoxy) is 1. The van der Waals surface area contributed by atoms with Crippen molar-refractivity contribution in [3.05, 3.63) is 0 Å². The Morgan fingerprint density at radius 3 is 2.73 bits per heavy atom. The van der Waals surface area contributed by atoms with E-state index >= 15 is 0 Å². The van der Waals surface area contributed by atoms with Crippen LogP contribution in [0.25, 0.3) is 0 Å². The number of hydrogen-bond acceptors (Lipinski definition) is 5. The van der Waals surface area contributed by atoms with E-state index < -0.39 is 18.6 Å². The van der Waals surface area contributed by atoms with Gasteiger partial charge in [-0.2, -0.15) is 0 Å². The molecule has 2 heterocycles. The average Bonchev–Trinajstić information content (AvgIpc) is 2.76. The Bertz CT molecular complexity index is 429. The quantitative estimate of drug-likeness (QED) is 0.676. The number of rotatable bonds is 2. The lowest BCUT2D eigenvalue weighted by atomic mass is 10.2. The molecule has 22 heavy (non-hydrogen) atoms. The minimum atomic E-state index is -2.41. The molecule has 0 spiro atoms. The van der Waals surface area contributed by atoms with E-state index in [1.165, 1.54) is 0 Å². The maximum atomic E-state index is 12.2. The van der Waals surface area contributed by atoms with Crippen LogP contribution in [0.2, 0.25) is 0 Å². The monoisotopic (exact) mass is 432 g/mol. The van der Waals surface area contributed by atoms with Gasteiger partial charge in [0.1, 0.15) is 5.60 Å². The number of carbonyl (C=O) groups is 1. The Hall–Kier alpha value is -0.870. The van der Waals surface area contributed by atoms with Crippen LogP contribution in [0, 0.1) is 0 Å². The molecule has 1 saturated heterocycles. The minimum absolute atomic E-state index is 0. The van der Waals surface area contributed by atoms with E-state index in [2.05, 4.69) is 10.3 Å². The molecule has 0 aliphatic carbocycles. The Morgan fingerprint density at radius 1 is 1.45 bits per heavy atom. The first-order valence-corrected chi connectivity index (χ1v) is 7.07. The van der Waals surface area contributed by atoms with E-state index in [-0.39, 0.29) is 36.1 Å². The molecule has 0 aromatic rings. The third-order valence-corrected chi connectivity index (χ3v) is 3.27. The van der Waals surface area contributed by atoms with Gasteiger partial charge in [-0.3, -0.25) is 4.99 Å². The van der Waals surface area contributed by atoms with Gasteiger partial charge in [-0.1, -0.05) is 0 Å². The lowest BCUT2D eigenvalue weighted by Crippen LogP contribution is -2.57. The van der Waals surface area contributed by atoms with Crippen LogP contribution in [0.3, 0.4) is 0 Å². The van der Waals surface area contributed by atoms with Crippen molar-refractivity contribution in [2.24, 2.45) is 4.99 Å². The standard InChI is InChI=1S/C13H22F2N4O2.HI/c1-13(2,3)21-12(20)18-4-5-19-9(8-18)6-16-11(19)17-7-10(14)15;/h9-10H,4-8H2,1-3H3,(H,16,17);1H. The van der Waals surface area contributed by atoms with Crippen molar-refractivity contribution in [2.75, 3.05) is 32.7 Å². The number of alkyl halides is 2. The zero-order valence-corrected chi connectivity index (χ0v) is 15.3. The van der Waals surface area contributed by atoms with Gasteiger partial charge in [-0.25, -0.2) is 13.6 Å². The van der Waals surface area contributed by atoms with Gasteiger partial charge in [0.25, 0.3) is 6.43 Å². The van der Waals surface area contributed by atoms with Gasteiger partial charge in [0, 0.05) is 19.6 Å². The van der Waals surface area contributed by atoms with Gasteiger partial charge in [-0.15, -0.1) is 24.0 Å². The van der Waals surface area contributed by atoms with Crippen molar-refractivity contribution >= 4 is 36.0 Å². The number of piperazine rings is 1. The zero-order valence-electron chi connectivity index (χ0n) is 13.0. The number of amides is 1. The van der Waals surface area contributed by atoms with E-state index in [0.29, 0.717) is 32.1 Å². The van der Waals surface area contributed by atoms with Crippen LogP contribution in [-0.4, -0.2) is 72.6 Å². The molecule has 9 heteroatoms. The number of aliphatic imine (C=N–C) groups is 1. The smallest absolute Gasteiger partial charge is 0.410 e. The van der Waals surface area contributed by atoms with Crippen LogP contribution < -0.4 is 5.32 Å². The molecule has 0 radical (unpaired) electrons. The summed E-state index contributed by atoms with van der Waals surface area (Å²) in [4.78, 5) is 19.9. The van der Waals surface area contributed by atoms with Crippen LogP contribution in [0.1, 0.15) is 20.8 Å². The molecule has 2 rings (SSSR count). The summed E-state index contributed by atoms with van der Waals surface area (Å²) in [6, 6.07) is 0.0337. The number of halogens is 3. The molecule has 1 unspecified atom stereocenters. The maximum Gasteiger partial charge on any atom is 0.410 e. The molecule has 0 aromatic carbocycles. The fourth-order valence-corrected chi connectivity index (χ4v) is 2.39. The summed E-state index contributed by atoms with van der Waals surface area (Å²) < 4.78 is 29.8. The van der Waals surface area contributed by atoms with Gasteiger partial charge < -0.3 is 19.9 Å². The largest absolute Gasteiger partial charge is 0.444 e. The van der Waals surface area contributed by atoms with Crippen LogP contribution >= 0.6 is 24.0 Å². The second-order valence-electron chi connectivity index (χ2n) is 6.21. The van der Waals surface area contributed by atoms with Crippen molar-refractivity contribution in [3.8, 4) is 0 Å². The summed E-state index contributed by atoms with van der Waals surface area (Å²) in [7, 11) is 0. The number of guanidine groups is 1. The van der Waals surface area contributed by atoms with Crippen molar-refractivity contribution in [1.29, 1.82) is 0 Å². The van der Waals surface area contributed by atoms with E-state index in [4.69, 9.17) is 4.74 Å². The molecule has 1 N–H and O–H groups in total. The third kappa shape index (κ3) is 5.10. The Labute approximate surface area is 146 Å². The topological polar surface area (TPSA) is 57.2 Å². The second kappa shape index (κ2) is 7.60. The van der Waals surface area contributed by atoms with Crippen molar-refractivity contribution in [3.63, 3.8) is 0 Å². The fraction of sp³-hybridized carbons (Fsp3) is 0.846. The molecular weight excluding hydrogens is 409 g/mol. The van der Waals surface area contributed by atoms with Crippen LogP contribution in [0.4, 0.5) is 13.6 Å². The lowest BCUT2D eigenvalue weighted by Gasteiger charge is -2.39. The van der Waals surface area contributed by atoms with Gasteiger partial charge in [-0.05, 0) is 20.8 Å². The molecule has 2 aliphatic heterocycles. The molecule has 0 saturated carbocycles. The second-order valence-corrected chi connectivity index (χ2v) is 6.21. The molecule has 0 bridgehead atoms. The van der Waals surface area contributed by atoms with Gasteiger partial charge in [0.2, 0.25) is 0 Å². The van der Waals surface area contributed by atoms with Crippen LogP contribution in [0.5, 0.6) is 0 Å². The first kappa shape index (κ1) is 19.2. The van der Waals surface area contributed by atoms with E-state index in [1.807, 2.05) is 25.7 Å². The SMILES string of the molecule is CC(C)(C)OC(=O)N1CCN2C(NCC(F)F)=NCC2C1.I. The molecule has 2 aliphatic rings. The third-order valence-electron chi connectivity index (χ3n) is 3.27. The molecule has 1 atom stereocenters. The summed E-state index contributed by atoms with van der Waals surface area (Å²) in [6.45, 7) is 7.14. The summed E-state index contributed by atoms with van der Waals surface area (Å²) in [6.07, 6.45) is -2.74. The summed E-state index contributed by atoms with van der Waals surface area (Å²) in [5.41, 5.74) is -0.523. The van der Waals surface area contributed by atoms with Crippen molar-refractivity contribution in [1.82, 2.24) is 15.1 Å². The van der Waals surface area contributed by atoms with Gasteiger partial charge in [0.05, 0.1) is 19.1 Å². The van der Waals surface area contributed by atoms with Crippen molar-refractivity contribution in [2.45, 2.75) is 38.8 Å².